The molecule has 60 valence electrons. The Morgan fingerprint density at radius 2 is 2.17 bits per heavy atom. The summed E-state index contributed by atoms with van der Waals surface area (Å²) >= 11 is 0. The summed E-state index contributed by atoms with van der Waals surface area (Å²) < 4.78 is 5.45. The molecule has 1 aliphatic rings. The molecule has 0 saturated heterocycles. The zero-order chi connectivity index (χ0) is 8.23. The lowest BCUT2D eigenvalue weighted by molar-refractivity contribution is 0.361. The van der Waals surface area contributed by atoms with Crippen molar-refractivity contribution in [2.24, 2.45) is 4.99 Å². The largest absolute Gasteiger partial charge is 0.489 e. The van der Waals surface area contributed by atoms with Gasteiger partial charge in [0.1, 0.15) is 12.4 Å². The molecule has 1 aromatic rings. The monoisotopic (exact) mass is 159 g/mol. The maximum Gasteiger partial charge on any atom is 0.128 e. The van der Waals surface area contributed by atoms with Crippen LogP contribution >= 0.6 is 0 Å². The van der Waals surface area contributed by atoms with E-state index in [0.29, 0.717) is 6.61 Å². The fraction of sp³-hybridized carbons (Fsp3) is 0.100. The number of rotatable bonds is 0. The molecule has 0 bridgehead atoms. The summed E-state index contributed by atoms with van der Waals surface area (Å²) in [5, 5.41) is 0. The van der Waals surface area contributed by atoms with Crippen LogP contribution in [0.3, 0.4) is 0 Å². The van der Waals surface area contributed by atoms with E-state index in [4.69, 9.17) is 4.74 Å². The van der Waals surface area contributed by atoms with E-state index >= 15 is 0 Å². The van der Waals surface area contributed by atoms with Gasteiger partial charge in [0.15, 0.2) is 0 Å². The molecule has 0 atom stereocenters. The van der Waals surface area contributed by atoms with E-state index in [1.54, 1.807) is 12.4 Å². The van der Waals surface area contributed by atoms with Crippen LogP contribution in [-0.4, -0.2) is 12.8 Å². The fourth-order valence-electron chi connectivity index (χ4n) is 1.08. The zero-order valence-corrected chi connectivity index (χ0v) is 6.60. The molecule has 0 aliphatic carbocycles. The molecule has 1 heterocycles. The standard InChI is InChI=1S/C10H9NO/c1-2-5-10-9(4-1)8-11-6-3-7-12-10/h1-6,8H,7H2/b6-3-,11-8-. The molecule has 0 saturated carbocycles. The number of nitrogens with zero attached hydrogens (tertiary/aromatic N) is 1. The predicted octanol–water partition coefficient (Wildman–Crippen LogP) is 2.01. The Labute approximate surface area is 71.2 Å². The summed E-state index contributed by atoms with van der Waals surface area (Å²) in [6, 6.07) is 7.86. The molecule has 2 nitrogen and oxygen atoms in total. The van der Waals surface area contributed by atoms with E-state index in [1.807, 2.05) is 30.3 Å². The van der Waals surface area contributed by atoms with Crippen molar-refractivity contribution in [3.05, 3.63) is 42.1 Å². The normalized spacial score (nSPS) is 19.7. The molecule has 0 aromatic heterocycles. The highest BCUT2D eigenvalue weighted by Gasteiger charge is 1.99. The van der Waals surface area contributed by atoms with Gasteiger partial charge in [-0.1, -0.05) is 12.1 Å². The van der Waals surface area contributed by atoms with Crippen molar-refractivity contribution in [2.75, 3.05) is 6.61 Å². The van der Waals surface area contributed by atoms with E-state index in [1.165, 1.54) is 0 Å². The van der Waals surface area contributed by atoms with E-state index in [-0.39, 0.29) is 0 Å². The average Bonchev–Trinajstić information content (AvgIpc) is 2.06. The first kappa shape index (κ1) is 7.10. The van der Waals surface area contributed by atoms with E-state index in [0.717, 1.165) is 11.3 Å². The number of benzene rings is 1. The number of ether oxygens (including phenoxy) is 1. The van der Waals surface area contributed by atoms with Crippen LogP contribution in [0.25, 0.3) is 0 Å². The third-order valence-electron chi connectivity index (χ3n) is 1.66. The van der Waals surface area contributed by atoms with Gasteiger partial charge < -0.3 is 4.74 Å². The molecule has 0 spiro atoms. The van der Waals surface area contributed by atoms with E-state index in [2.05, 4.69) is 4.99 Å². The van der Waals surface area contributed by atoms with Crippen LogP contribution < -0.4 is 4.74 Å². The van der Waals surface area contributed by atoms with Crippen LogP contribution in [0.4, 0.5) is 0 Å². The van der Waals surface area contributed by atoms with Crippen LogP contribution in [0.2, 0.25) is 0 Å². The van der Waals surface area contributed by atoms with Gasteiger partial charge in [0.2, 0.25) is 0 Å². The Balaban J connectivity index is 2.43. The minimum atomic E-state index is 0.592. The first-order valence-electron chi connectivity index (χ1n) is 3.87. The van der Waals surface area contributed by atoms with Gasteiger partial charge in [-0.25, -0.2) is 0 Å². The SMILES string of the molecule is C1=C\N=C/c2ccccc2OC/1. The molecule has 0 radical (unpaired) electrons. The highest BCUT2D eigenvalue weighted by Crippen LogP contribution is 2.16. The number of hydrogen-bond donors (Lipinski definition) is 0. The van der Waals surface area contributed by atoms with Gasteiger partial charge in [-0.15, -0.1) is 0 Å². The molecular weight excluding hydrogens is 150 g/mol. The first-order valence-corrected chi connectivity index (χ1v) is 3.87. The van der Waals surface area contributed by atoms with Crippen molar-refractivity contribution in [2.45, 2.75) is 0 Å². The molecule has 0 fully saturated rings. The maximum atomic E-state index is 5.45. The van der Waals surface area contributed by atoms with Crippen molar-refractivity contribution < 1.29 is 4.74 Å². The van der Waals surface area contributed by atoms with Crippen LogP contribution in [0.1, 0.15) is 5.56 Å². The van der Waals surface area contributed by atoms with Crippen molar-refractivity contribution in [1.82, 2.24) is 0 Å². The summed E-state index contributed by atoms with van der Waals surface area (Å²) in [5.74, 6) is 0.894. The third kappa shape index (κ3) is 1.37. The smallest absolute Gasteiger partial charge is 0.128 e. The van der Waals surface area contributed by atoms with Gasteiger partial charge in [-0.3, -0.25) is 4.99 Å². The molecule has 2 rings (SSSR count). The lowest BCUT2D eigenvalue weighted by atomic mass is 10.2. The molecule has 0 N–H and O–H groups in total. The lowest BCUT2D eigenvalue weighted by Crippen LogP contribution is -1.98. The van der Waals surface area contributed by atoms with Crippen molar-refractivity contribution in [3.8, 4) is 5.75 Å². The second-order valence-electron chi connectivity index (χ2n) is 2.51. The molecular formula is C10H9NO. The summed E-state index contributed by atoms with van der Waals surface area (Å²) in [6.07, 6.45) is 5.42. The predicted molar refractivity (Wildman–Crippen MR) is 48.7 cm³/mol. The lowest BCUT2D eigenvalue weighted by Gasteiger charge is -2.07. The van der Waals surface area contributed by atoms with Gasteiger partial charge in [0.25, 0.3) is 0 Å². The van der Waals surface area contributed by atoms with Crippen LogP contribution in [0.5, 0.6) is 5.75 Å². The Bertz CT molecular complexity index is 328. The van der Waals surface area contributed by atoms with E-state index in [9.17, 15) is 0 Å². The number of aliphatic imine (C=N–C) groups is 1. The highest BCUT2D eigenvalue weighted by molar-refractivity contribution is 5.83. The third-order valence-corrected chi connectivity index (χ3v) is 1.66. The van der Waals surface area contributed by atoms with Gasteiger partial charge in [0.05, 0.1) is 0 Å². The molecule has 0 amide bonds. The number of para-hydroxylation sites is 1. The Hall–Kier alpha value is -1.57. The average molecular weight is 159 g/mol. The number of hydrogen-bond acceptors (Lipinski definition) is 2. The van der Waals surface area contributed by atoms with Crippen LogP contribution in [0.15, 0.2) is 41.5 Å². The van der Waals surface area contributed by atoms with Crippen molar-refractivity contribution >= 4 is 6.21 Å². The van der Waals surface area contributed by atoms with Crippen LogP contribution in [-0.2, 0) is 0 Å². The van der Waals surface area contributed by atoms with Gasteiger partial charge in [0, 0.05) is 18.0 Å². The Morgan fingerprint density at radius 3 is 3.17 bits per heavy atom. The summed E-state index contributed by atoms with van der Waals surface area (Å²) in [5.41, 5.74) is 1.03. The van der Waals surface area contributed by atoms with Crippen LogP contribution in [0, 0.1) is 0 Å². The first-order chi connectivity index (χ1) is 5.97. The zero-order valence-electron chi connectivity index (χ0n) is 6.60. The van der Waals surface area contributed by atoms with Gasteiger partial charge in [-0.05, 0) is 18.2 Å². The number of fused-ring (bicyclic) bond motifs is 1. The molecule has 1 aliphatic heterocycles. The summed E-state index contributed by atoms with van der Waals surface area (Å²) in [4.78, 5) is 4.09. The summed E-state index contributed by atoms with van der Waals surface area (Å²) in [7, 11) is 0. The Morgan fingerprint density at radius 1 is 1.25 bits per heavy atom. The molecule has 12 heavy (non-hydrogen) atoms. The van der Waals surface area contributed by atoms with Crippen molar-refractivity contribution in [1.29, 1.82) is 0 Å². The Kier molecular flexibility index (Phi) is 1.90. The maximum absolute atomic E-state index is 5.45. The van der Waals surface area contributed by atoms with E-state index < -0.39 is 0 Å². The van der Waals surface area contributed by atoms with Crippen molar-refractivity contribution in [3.63, 3.8) is 0 Å². The topological polar surface area (TPSA) is 21.6 Å². The molecule has 1 aromatic carbocycles. The molecule has 0 unspecified atom stereocenters. The fourth-order valence-corrected chi connectivity index (χ4v) is 1.08. The highest BCUT2D eigenvalue weighted by atomic mass is 16.5. The van der Waals surface area contributed by atoms with Gasteiger partial charge >= 0.3 is 0 Å². The summed E-state index contributed by atoms with van der Waals surface area (Å²) in [6.45, 7) is 0.592. The second kappa shape index (κ2) is 3.22. The minimum absolute atomic E-state index is 0.592. The van der Waals surface area contributed by atoms with Gasteiger partial charge in [-0.2, -0.15) is 0 Å². The molecule has 2 heteroatoms. The minimum Gasteiger partial charge on any atom is -0.489 e. The quantitative estimate of drug-likeness (QED) is 0.567. The second-order valence-corrected chi connectivity index (χ2v) is 2.51.